The van der Waals surface area contributed by atoms with Crippen LogP contribution in [0.2, 0.25) is 0 Å². The first-order valence-electron chi connectivity index (χ1n) is 7.54. The highest BCUT2D eigenvalue weighted by molar-refractivity contribution is 8.01. The van der Waals surface area contributed by atoms with Crippen molar-refractivity contribution in [1.29, 1.82) is 0 Å². The lowest BCUT2D eigenvalue weighted by atomic mass is 10.2. The van der Waals surface area contributed by atoms with Gasteiger partial charge in [-0.2, -0.15) is 0 Å². The number of benzene rings is 1. The highest BCUT2D eigenvalue weighted by atomic mass is 32.2. The molecule has 1 aliphatic rings. The van der Waals surface area contributed by atoms with Crippen molar-refractivity contribution in [2.75, 3.05) is 25.6 Å². The third kappa shape index (κ3) is 4.97. The van der Waals surface area contributed by atoms with Gasteiger partial charge in [0, 0.05) is 18.6 Å². The van der Waals surface area contributed by atoms with Crippen LogP contribution in [0.1, 0.15) is 13.3 Å². The Morgan fingerprint density at radius 3 is 2.88 bits per heavy atom. The molecule has 2 atom stereocenters. The van der Waals surface area contributed by atoms with Gasteiger partial charge in [-0.15, -0.1) is 11.8 Å². The van der Waals surface area contributed by atoms with Crippen LogP contribution in [-0.4, -0.2) is 49.4 Å². The number of rotatable bonds is 7. The zero-order valence-corrected chi connectivity index (χ0v) is 14.4. The average molecular weight is 352 g/mol. The molecule has 1 heterocycles. The number of ether oxygens (including phenoxy) is 2. The Kier molecular flexibility index (Phi) is 6.62. The Morgan fingerprint density at radius 2 is 2.12 bits per heavy atom. The van der Waals surface area contributed by atoms with Gasteiger partial charge in [0.2, 0.25) is 5.91 Å². The summed E-state index contributed by atoms with van der Waals surface area (Å²) in [6.07, 6.45) is -1.01. The molecule has 130 valence electrons. The first kappa shape index (κ1) is 18.3. The van der Waals surface area contributed by atoms with Gasteiger partial charge in [-0.25, -0.2) is 0 Å². The maximum Gasteiger partial charge on any atom is 0.308 e. The fourth-order valence-corrected chi connectivity index (χ4v) is 3.19. The Bertz CT molecular complexity index is 622. The summed E-state index contributed by atoms with van der Waals surface area (Å²) in [4.78, 5) is 36.7. The number of fused-ring (bicyclic) bond motifs is 1. The molecule has 2 rings (SSSR count). The summed E-state index contributed by atoms with van der Waals surface area (Å²) >= 11 is 1.32. The number of thioether (sulfide) groups is 1. The molecule has 0 bridgehead atoms. The van der Waals surface area contributed by atoms with Crippen molar-refractivity contribution in [3.63, 3.8) is 0 Å². The summed E-state index contributed by atoms with van der Waals surface area (Å²) in [6, 6.07) is 7.38. The van der Waals surface area contributed by atoms with Crippen LogP contribution in [0, 0.1) is 0 Å². The van der Waals surface area contributed by atoms with Gasteiger partial charge in [0.15, 0.2) is 6.10 Å². The van der Waals surface area contributed by atoms with E-state index in [-0.39, 0.29) is 12.3 Å². The van der Waals surface area contributed by atoms with Crippen molar-refractivity contribution in [1.82, 2.24) is 5.32 Å². The Labute approximate surface area is 144 Å². The molecule has 24 heavy (non-hydrogen) atoms. The van der Waals surface area contributed by atoms with E-state index in [2.05, 4.69) is 10.6 Å². The summed E-state index contributed by atoms with van der Waals surface area (Å²) in [5.74, 6) is -1.23. The van der Waals surface area contributed by atoms with E-state index >= 15 is 0 Å². The van der Waals surface area contributed by atoms with Gasteiger partial charge in [0.05, 0.1) is 24.0 Å². The van der Waals surface area contributed by atoms with E-state index in [9.17, 15) is 14.4 Å². The topological polar surface area (TPSA) is 93.7 Å². The lowest BCUT2D eigenvalue weighted by molar-refractivity contribution is -0.155. The molecule has 0 aliphatic carbocycles. The van der Waals surface area contributed by atoms with E-state index in [4.69, 9.17) is 9.47 Å². The van der Waals surface area contributed by atoms with Crippen LogP contribution >= 0.6 is 11.8 Å². The number of esters is 1. The molecule has 1 aromatic rings. The summed E-state index contributed by atoms with van der Waals surface area (Å²) in [5, 5.41) is 4.78. The molecular weight excluding hydrogens is 332 g/mol. The molecule has 0 saturated heterocycles. The Morgan fingerprint density at radius 1 is 1.38 bits per heavy atom. The summed E-state index contributed by atoms with van der Waals surface area (Å²) < 4.78 is 9.92. The number of para-hydroxylation sites is 1. The average Bonchev–Trinajstić information content (AvgIpc) is 2.55. The molecule has 0 radical (unpaired) electrons. The predicted octanol–water partition coefficient (Wildman–Crippen LogP) is 1.18. The van der Waals surface area contributed by atoms with Gasteiger partial charge in [0.1, 0.15) is 0 Å². The molecule has 8 heteroatoms. The van der Waals surface area contributed by atoms with Crippen molar-refractivity contribution in [2.24, 2.45) is 0 Å². The van der Waals surface area contributed by atoms with Crippen LogP contribution in [-0.2, 0) is 23.9 Å². The van der Waals surface area contributed by atoms with E-state index in [0.29, 0.717) is 13.2 Å². The molecule has 1 aromatic carbocycles. The minimum Gasteiger partial charge on any atom is -0.453 e. The number of carbonyl (C=O) groups excluding carboxylic acids is 3. The lowest BCUT2D eigenvalue weighted by Gasteiger charge is -2.23. The molecule has 2 N–H and O–H groups in total. The first-order valence-corrected chi connectivity index (χ1v) is 8.42. The Balaban J connectivity index is 1.84. The fourth-order valence-electron chi connectivity index (χ4n) is 2.10. The second kappa shape index (κ2) is 8.70. The van der Waals surface area contributed by atoms with Crippen molar-refractivity contribution in [3.8, 4) is 0 Å². The van der Waals surface area contributed by atoms with Crippen molar-refractivity contribution in [2.45, 2.75) is 29.6 Å². The quantitative estimate of drug-likeness (QED) is 0.565. The van der Waals surface area contributed by atoms with Crippen LogP contribution in [0.15, 0.2) is 29.2 Å². The molecule has 0 spiro atoms. The summed E-state index contributed by atoms with van der Waals surface area (Å²) in [5.41, 5.74) is 0.739. The first-order chi connectivity index (χ1) is 11.5. The molecule has 7 nitrogen and oxygen atoms in total. The van der Waals surface area contributed by atoms with Gasteiger partial charge in [0.25, 0.3) is 5.91 Å². The molecule has 2 amide bonds. The van der Waals surface area contributed by atoms with Gasteiger partial charge in [-0.3, -0.25) is 14.4 Å². The second-order valence-electron chi connectivity index (χ2n) is 5.21. The Hall–Kier alpha value is -2.06. The van der Waals surface area contributed by atoms with E-state index in [1.54, 1.807) is 6.07 Å². The van der Waals surface area contributed by atoms with Crippen LogP contribution in [0.5, 0.6) is 0 Å². The minimum absolute atomic E-state index is 0.0967. The molecule has 1 aliphatic heterocycles. The molecular formula is C16H20N2O5S. The summed E-state index contributed by atoms with van der Waals surface area (Å²) in [7, 11) is 1.53. The molecule has 0 unspecified atom stereocenters. The normalized spacial score (nSPS) is 17.4. The summed E-state index contributed by atoms with van der Waals surface area (Å²) in [6.45, 7) is 2.21. The van der Waals surface area contributed by atoms with Gasteiger partial charge in [-0.1, -0.05) is 12.1 Å². The highest BCUT2D eigenvalue weighted by Crippen LogP contribution is 2.36. The number of carbonyl (C=O) groups is 3. The standard InChI is InChI=1S/C16H20N2O5S/c1-10(15(20)17-7-8-22-2)23-14(19)9-13-16(21)18-11-5-3-4-6-12(11)24-13/h3-6,10,13H,7-9H2,1-2H3,(H,17,20)(H,18,21)/t10-,13-/m0/s1. The number of methoxy groups -OCH3 is 1. The minimum atomic E-state index is -0.918. The van der Waals surface area contributed by atoms with E-state index in [1.807, 2.05) is 18.2 Å². The molecule has 0 aromatic heterocycles. The van der Waals surface area contributed by atoms with E-state index < -0.39 is 23.2 Å². The second-order valence-corrected chi connectivity index (χ2v) is 6.46. The maximum absolute atomic E-state index is 12.1. The van der Waals surface area contributed by atoms with Crippen molar-refractivity contribution in [3.05, 3.63) is 24.3 Å². The highest BCUT2D eigenvalue weighted by Gasteiger charge is 2.30. The zero-order chi connectivity index (χ0) is 17.5. The smallest absolute Gasteiger partial charge is 0.308 e. The third-order valence-electron chi connectivity index (χ3n) is 3.34. The monoisotopic (exact) mass is 352 g/mol. The van der Waals surface area contributed by atoms with Crippen LogP contribution in [0.4, 0.5) is 5.69 Å². The van der Waals surface area contributed by atoms with Gasteiger partial charge < -0.3 is 20.1 Å². The van der Waals surface area contributed by atoms with Crippen LogP contribution in [0.25, 0.3) is 0 Å². The number of amides is 2. The molecule has 0 fully saturated rings. The number of hydrogen-bond acceptors (Lipinski definition) is 6. The largest absolute Gasteiger partial charge is 0.453 e. The maximum atomic E-state index is 12.1. The third-order valence-corrected chi connectivity index (χ3v) is 4.62. The molecule has 0 saturated carbocycles. The van der Waals surface area contributed by atoms with Gasteiger partial charge in [-0.05, 0) is 19.1 Å². The van der Waals surface area contributed by atoms with E-state index in [0.717, 1.165) is 10.6 Å². The number of hydrogen-bond donors (Lipinski definition) is 2. The van der Waals surface area contributed by atoms with Crippen molar-refractivity contribution >= 4 is 35.2 Å². The predicted molar refractivity (Wildman–Crippen MR) is 89.8 cm³/mol. The zero-order valence-electron chi connectivity index (χ0n) is 13.5. The van der Waals surface area contributed by atoms with E-state index in [1.165, 1.54) is 25.8 Å². The van der Waals surface area contributed by atoms with Crippen LogP contribution < -0.4 is 10.6 Å². The number of nitrogens with one attached hydrogen (secondary N) is 2. The van der Waals surface area contributed by atoms with Gasteiger partial charge >= 0.3 is 5.97 Å². The fraction of sp³-hybridized carbons (Fsp3) is 0.438. The lowest BCUT2D eigenvalue weighted by Crippen LogP contribution is -2.38. The van der Waals surface area contributed by atoms with Crippen LogP contribution in [0.3, 0.4) is 0 Å². The van der Waals surface area contributed by atoms with Crippen molar-refractivity contribution < 1.29 is 23.9 Å². The number of anilines is 1. The SMILES string of the molecule is COCCNC(=O)[C@H](C)OC(=O)C[C@@H]1Sc2ccccc2NC1=O.